The monoisotopic (exact) mass is 246 g/mol. The van der Waals surface area contributed by atoms with Gasteiger partial charge in [0, 0.05) is 5.56 Å². The van der Waals surface area contributed by atoms with E-state index in [1.165, 1.54) is 5.56 Å². The normalized spacial score (nSPS) is 11.7. The van der Waals surface area contributed by atoms with Crippen molar-refractivity contribution in [3.8, 4) is 0 Å². The van der Waals surface area contributed by atoms with Crippen molar-refractivity contribution in [1.29, 1.82) is 0 Å². The first-order chi connectivity index (χ1) is 7.20. The maximum absolute atomic E-state index is 5.83. The van der Waals surface area contributed by atoms with E-state index in [9.17, 15) is 0 Å². The topological polar surface area (TPSA) is 0 Å². The zero-order valence-corrected chi connectivity index (χ0v) is 10.6. The van der Waals surface area contributed by atoms with Crippen LogP contribution in [0.15, 0.2) is 30.3 Å². The zero-order chi connectivity index (χ0) is 11.1. The molecule has 0 heterocycles. The summed E-state index contributed by atoms with van der Waals surface area (Å²) in [6, 6.07) is 10.5. The Morgan fingerprint density at radius 3 is 2.00 bits per heavy atom. The molecule has 3 heteroatoms. The first-order valence-corrected chi connectivity index (χ1v) is 6.26. The summed E-state index contributed by atoms with van der Waals surface area (Å²) in [6.07, 6.45) is 0. The highest BCUT2D eigenvalue weighted by atomic mass is 35.5. The SMILES string of the molecule is C[N+](CCCl)(CCCl)Cc1ccccc1. The first kappa shape index (κ1) is 12.8. The molecule has 0 unspecified atom stereocenters. The van der Waals surface area contributed by atoms with Gasteiger partial charge in [0.1, 0.15) is 6.54 Å². The zero-order valence-electron chi connectivity index (χ0n) is 9.13. The lowest BCUT2D eigenvalue weighted by Crippen LogP contribution is -2.46. The van der Waals surface area contributed by atoms with Gasteiger partial charge < -0.3 is 4.48 Å². The van der Waals surface area contributed by atoms with Crippen LogP contribution in [-0.2, 0) is 6.54 Å². The van der Waals surface area contributed by atoms with Crippen LogP contribution in [0.5, 0.6) is 0 Å². The van der Waals surface area contributed by atoms with Crippen molar-refractivity contribution in [3.05, 3.63) is 35.9 Å². The van der Waals surface area contributed by atoms with Crippen LogP contribution in [0.1, 0.15) is 5.56 Å². The molecule has 1 nitrogen and oxygen atoms in total. The second-order valence-electron chi connectivity index (χ2n) is 4.09. The minimum Gasteiger partial charge on any atom is -0.320 e. The van der Waals surface area contributed by atoms with E-state index in [0.29, 0.717) is 11.8 Å². The number of halogens is 2. The lowest BCUT2D eigenvalue weighted by atomic mass is 10.2. The molecule has 0 fully saturated rings. The highest BCUT2D eigenvalue weighted by Gasteiger charge is 2.20. The molecule has 0 aliphatic heterocycles. The van der Waals surface area contributed by atoms with Crippen LogP contribution in [0.4, 0.5) is 0 Å². The van der Waals surface area contributed by atoms with Crippen LogP contribution >= 0.6 is 23.2 Å². The van der Waals surface area contributed by atoms with Crippen LogP contribution in [0.3, 0.4) is 0 Å². The Kier molecular flexibility index (Phi) is 5.44. The summed E-state index contributed by atoms with van der Waals surface area (Å²) in [6.45, 7) is 2.92. The third kappa shape index (κ3) is 4.42. The maximum Gasteiger partial charge on any atom is 0.104 e. The van der Waals surface area contributed by atoms with Gasteiger partial charge in [-0.25, -0.2) is 0 Å². The van der Waals surface area contributed by atoms with Gasteiger partial charge in [-0.3, -0.25) is 0 Å². The van der Waals surface area contributed by atoms with E-state index < -0.39 is 0 Å². The van der Waals surface area contributed by atoms with E-state index in [1.807, 2.05) is 6.07 Å². The summed E-state index contributed by atoms with van der Waals surface area (Å²) in [7, 11) is 2.21. The highest BCUT2D eigenvalue weighted by Crippen LogP contribution is 2.12. The van der Waals surface area contributed by atoms with E-state index in [-0.39, 0.29) is 0 Å². The lowest BCUT2D eigenvalue weighted by Gasteiger charge is -2.33. The van der Waals surface area contributed by atoms with Gasteiger partial charge in [-0.2, -0.15) is 0 Å². The predicted molar refractivity (Wildman–Crippen MR) is 67.5 cm³/mol. The number of benzene rings is 1. The molecule has 84 valence electrons. The van der Waals surface area contributed by atoms with E-state index in [2.05, 4.69) is 31.3 Å². The van der Waals surface area contributed by atoms with Gasteiger partial charge in [-0.05, 0) is 0 Å². The van der Waals surface area contributed by atoms with Gasteiger partial charge >= 0.3 is 0 Å². The Morgan fingerprint density at radius 1 is 1.00 bits per heavy atom. The van der Waals surface area contributed by atoms with Crippen LogP contribution in [0.25, 0.3) is 0 Å². The summed E-state index contributed by atoms with van der Waals surface area (Å²) < 4.78 is 0.914. The Bertz CT molecular complexity index is 268. The molecule has 0 amide bonds. The summed E-state index contributed by atoms with van der Waals surface area (Å²) in [5, 5.41) is 0. The molecular formula is C12H18Cl2N+. The fourth-order valence-electron chi connectivity index (χ4n) is 1.70. The number of nitrogens with zero attached hydrogens (tertiary/aromatic N) is 1. The highest BCUT2D eigenvalue weighted by molar-refractivity contribution is 6.18. The third-order valence-corrected chi connectivity index (χ3v) is 2.99. The molecule has 0 aliphatic rings. The van der Waals surface area contributed by atoms with Crippen LogP contribution < -0.4 is 0 Å². The summed E-state index contributed by atoms with van der Waals surface area (Å²) in [4.78, 5) is 0. The molecule has 1 aromatic carbocycles. The van der Waals surface area contributed by atoms with Gasteiger partial charge in [-0.15, -0.1) is 23.2 Å². The Balaban J connectivity index is 2.66. The maximum atomic E-state index is 5.83. The quantitative estimate of drug-likeness (QED) is 0.535. The minimum atomic E-state index is 0.681. The van der Waals surface area contributed by atoms with Crippen LogP contribution in [-0.4, -0.2) is 36.4 Å². The molecule has 0 radical (unpaired) electrons. The molecule has 0 aromatic heterocycles. The second kappa shape index (κ2) is 6.37. The average Bonchev–Trinajstić information content (AvgIpc) is 2.19. The molecule has 0 atom stereocenters. The molecule has 0 saturated carbocycles. The molecule has 0 aliphatic carbocycles. The molecule has 15 heavy (non-hydrogen) atoms. The Morgan fingerprint density at radius 2 is 1.53 bits per heavy atom. The fourth-order valence-corrected chi connectivity index (χ4v) is 2.52. The van der Waals surface area contributed by atoms with Crippen molar-refractivity contribution in [2.45, 2.75) is 6.54 Å². The number of hydrogen-bond acceptors (Lipinski definition) is 0. The third-order valence-electron chi connectivity index (χ3n) is 2.66. The summed E-state index contributed by atoms with van der Waals surface area (Å²) in [5.74, 6) is 1.36. The minimum absolute atomic E-state index is 0.681. The predicted octanol–water partition coefficient (Wildman–Crippen LogP) is 3.11. The lowest BCUT2D eigenvalue weighted by molar-refractivity contribution is -0.918. The summed E-state index contributed by atoms with van der Waals surface area (Å²) in [5.41, 5.74) is 1.34. The van der Waals surface area contributed by atoms with Crippen molar-refractivity contribution < 1.29 is 4.48 Å². The van der Waals surface area contributed by atoms with Crippen LogP contribution in [0.2, 0.25) is 0 Å². The number of alkyl halides is 2. The Labute approximate surface area is 102 Å². The molecule has 0 saturated heterocycles. The van der Waals surface area contributed by atoms with Gasteiger partial charge in [0.15, 0.2) is 0 Å². The molecule has 1 aromatic rings. The smallest absolute Gasteiger partial charge is 0.104 e. The number of rotatable bonds is 6. The molecular weight excluding hydrogens is 229 g/mol. The van der Waals surface area contributed by atoms with Crippen molar-refractivity contribution in [1.82, 2.24) is 0 Å². The summed E-state index contributed by atoms with van der Waals surface area (Å²) >= 11 is 11.7. The molecule has 0 bridgehead atoms. The number of quaternary nitrogens is 1. The van der Waals surface area contributed by atoms with Crippen LogP contribution in [0, 0.1) is 0 Å². The molecule has 1 rings (SSSR count). The average molecular weight is 247 g/mol. The van der Waals surface area contributed by atoms with E-state index >= 15 is 0 Å². The van der Waals surface area contributed by atoms with Gasteiger partial charge in [0.05, 0.1) is 31.9 Å². The molecule has 0 spiro atoms. The van der Waals surface area contributed by atoms with Gasteiger partial charge in [0.2, 0.25) is 0 Å². The standard InChI is InChI=1S/C12H18Cl2N/c1-15(9-7-13,10-8-14)11-12-5-3-2-4-6-12/h2-6H,7-11H2,1H3/q+1. The Hall–Kier alpha value is -0.240. The van der Waals surface area contributed by atoms with Gasteiger partial charge in [-0.1, -0.05) is 30.3 Å². The van der Waals surface area contributed by atoms with E-state index in [0.717, 1.165) is 24.1 Å². The van der Waals surface area contributed by atoms with Crippen molar-refractivity contribution >= 4 is 23.2 Å². The number of hydrogen-bond donors (Lipinski definition) is 0. The second-order valence-corrected chi connectivity index (χ2v) is 4.84. The van der Waals surface area contributed by atoms with Crippen molar-refractivity contribution in [2.24, 2.45) is 0 Å². The van der Waals surface area contributed by atoms with Gasteiger partial charge in [0.25, 0.3) is 0 Å². The van der Waals surface area contributed by atoms with Crippen molar-refractivity contribution in [2.75, 3.05) is 31.9 Å². The fraction of sp³-hybridized carbons (Fsp3) is 0.500. The molecule has 0 N–H and O–H groups in total. The van der Waals surface area contributed by atoms with Crippen molar-refractivity contribution in [3.63, 3.8) is 0 Å². The van der Waals surface area contributed by atoms with E-state index in [1.54, 1.807) is 0 Å². The first-order valence-electron chi connectivity index (χ1n) is 5.19. The van der Waals surface area contributed by atoms with E-state index in [4.69, 9.17) is 23.2 Å². The largest absolute Gasteiger partial charge is 0.320 e.